The lowest BCUT2D eigenvalue weighted by atomic mass is 10.1. The van der Waals surface area contributed by atoms with E-state index in [1.165, 1.54) is 6.07 Å². The number of nitrogens with one attached hydrogen (secondary N) is 2. The van der Waals surface area contributed by atoms with Crippen molar-refractivity contribution < 1.29 is 19.1 Å². The molecule has 0 saturated heterocycles. The number of unbranched alkanes of at least 4 members (excludes halogenated alkanes) is 1. The van der Waals surface area contributed by atoms with Crippen LogP contribution in [0.5, 0.6) is 0 Å². The van der Waals surface area contributed by atoms with E-state index in [0.717, 1.165) is 12.8 Å². The van der Waals surface area contributed by atoms with Crippen molar-refractivity contribution in [1.82, 2.24) is 5.32 Å². The van der Waals surface area contributed by atoms with Gasteiger partial charge < -0.3 is 15.4 Å². The first-order valence-electron chi connectivity index (χ1n) is 8.51. The minimum atomic E-state index is -0.667. The first-order valence-corrected chi connectivity index (χ1v) is 8.51. The molecule has 0 aliphatic carbocycles. The molecule has 0 unspecified atom stereocenters. The average Bonchev–Trinajstić information content (AvgIpc) is 2.67. The Morgan fingerprint density at radius 2 is 1.65 bits per heavy atom. The number of hydrogen-bond acceptors (Lipinski definition) is 4. The summed E-state index contributed by atoms with van der Waals surface area (Å²) in [7, 11) is 0. The van der Waals surface area contributed by atoms with Crippen LogP contribution in [-0.2, 0) is 9.53 Å². The Balaban J connectivity index is 1.98. The van der Waals surface area contributed by atoms with Crippen LogP contribution in [0.4, 0.5) is 5.69 Å². The third-order valence-corrected chi connectivity index (χ3v) is 3.62. The van der Waals surface area contributed by atoms with E-state index in [4.69, 9.17) is 4.74 Å². The lowest BCUT2D eigenvalue weighted by Crippen LogP contribution is -2.29. The Morgan fingerprint density at radius 3 is 2.38 bits per heavy atom. The zero-order chi connectivity index (χ0) is 18.8. The fourth-order valence-electron chi connectivity index (χ4n) is 2.22. The zero-order valence-corrected chi connectivity index (χ0v) is 14.7. The highest BCUT2D eigenvalue weighted by molar-refractivity contribution is 6.08. The van der Waals surface area contributed by atoms with Crippen molar-refractivity contribution >= 4 is 23.5 Å². The van der Waals surface area contributed by atoms with Gasteiger partial charge in [0.2, 0.25) is 0 Å². The average molecular weight is 354 g/mol. The Kier molecular flexibility index (Phi) is 7.36. The number of amides is 2. The molecule has 0 atom stereocenters. The van der Waals surface area contributed by atoms with Gasteiger partial charge in [-0.05, 0) is 30.7 Å². The normalized spacial score (nSPS) is 10.0. The molecule has 0 fully saturated rings. The number of rotatable bonds is 8. The molecule has 2 rings (SSSR count). The van der Waals surface area contributed by atoms with E-state index in [1.54, 1.807) is 42.5 Å². The largest absolute Gasteiger partial charge is 0.452 e. The molecule has 136 valence electrons. The molecule has 2 aromatic rings. The molecular weight excluding hydrogens is 332 g/mol. The number of ether oxygens (including phenoxy) is 1. The van der Waals surface area contributed by atoms with Gasteiger partial charge in [0.05, 0.1) is 11.3 Å². The monoisotopic (exact) mass is 354 g/mol. The molecule has 0 aliphatic heterocycles. The molecular formula is C20H22N2O4. The quantitative estimate of drug-likeness (QED) is 0.564. The first kappa shape index (κ1) is 19.2. The van der Waals surface area contributed by atoms with Crippen molar-refractivity contribution in [3.05, 3.63) is 65.7 Å². The Morgan fingerprint density at radius 1 is 0.962 bits per heavy atom. The Hall–Kier alpha value is -3.15. The third kappa shape index (κ3) is 5.73. The fourth-order valence-corrected chi connectivity index (χ4v) is 2.22. The van der Waals surface area contributed by atoms with Gasteiger partial charge in [0, 0.05) is 12.1 Å². The van der Waals surface area contributed by atoms with Crippen molar-refractivity contribution in [3.8, 4) is 0 Å². The summed E-state index contributed by atoms with van der Waals surface area (Å²) < 4.78 is 5.05. The molecule has 0 heterocycles. The molecule has 2 N–H and O–H groups in total. The van der Waals surface area contributed by atoms with Crippen LogP contribution in [0, 0.1) is 0 Å². The standard InChI is InChI=1S/C20H22N2O4/c1-2-3-13-21-18(23)14-26-20(25)16-11-7-8-12-17(16)22-19(24)15-9-5-4-6-10-15/h4-12H,2-3,13-14H2,1H3,(H,21,23)(H,22,24). The number of hydrogen-bond donors (Lipinski definition) is 2. The molecule has 0 spiro atoms. The number of esters is 1. The van der Waals surface area contributed by atoms with Crippen LogP contribution in [0.1, 0.15) is 40.5 Å². The topological polar surface area (TPSA) is 84.5 Å². The molecule has 0 bridgehead atoms. The third-order valence-electron chi connectivity index (χ3n) is 3.62. The summed E-state index contributed by atoms with van der Waals surface area (Å²) in [4.78, 5) is 36.2. The molecule has 26 heavy (non-hydrogen) atoms. The maximum Gasteiger partial charge on any atom is 0.340 e. The molecule has 0 radical (unpaired) electrons. The Labute approximate surface area is 152 Å². The van der Waals surface area contributed by atoms with Gasteiger partial charge in [0.25, 0.3) is 11.8 Å². The first-order chi connectivity index (χ1) is 12.6. The molecule has 0 saturated carbocycles. The molecule has 2 aromatic carbocycles. The predicted octanol–water partition coefficient (Wildman–Crippen LogP) is 3.01. The van der Waals surface area contributed by atoms with Crippen molar-refractivity contribution in [1.29, 1.82) is 0 Å². The van der Waals surface area contributed by atoms with Crippen molar-refractivity contribution in [2.75, 3.05) is 18.5 Å². The predicted molar refractivity (Wildman–Crippen MR) is 99.0 cm³/mol. The highest BCUT2D eigenvalue weighted by atomic mass is 16.5. The van der Waals surface area contributed by atoms with Gasteiger partial charge in [0.1, 0.15) is 0 Å². The van der Waals surface area contributed by atoms with Crippen LogP contribution in [0.15, 0.2) is 54.6 Å². The summed E-state index contributed by atoms with van der Waals surface area (Å²) in [6.45, 7) is 2.22. The minimum absolute atomic E-state index is 0.193. The van der Waals surface area contributed by atoms with Crippen LogP contribution in [-0.4, -0.2) is 30.9 Å². The van der Waals surface area contributed by atoms with E-state index < -0.39 is 5.97 Å². The van der Waals surface area contributed by atoms with Gasteiger partial charge in [-0.1, -0.05) is 43.7 Å². The summed E-state index contributed by atoms with van der Waals surface area (Å²) in [6.07, 6.45) is 1.84. The lowest BCUT2D eigenvalue weighted by Gasteiger charge is -2.11. The van der Waals surface area contributed by atoms with E-state index in [1.807, 2.05) is 13.0 Å². The highest BCUT2D eigenvalue weighted by Gasteiger charge is 2.16. The van der Waals surface area contributed by atoms with Gasteiger partial charge in [0.15, 0.2) is 6.61 Å². The zero-order valence-electron chi connectivity index (χ0n) is 14.7. The SMILES string of the molecule is CCCCNC(=O)COC(=O)c1ccccc1NC(=O)c1ccccc1. The fraction of sp³-hybridized carbons (Fsp3) is 0.250. The van der Waals surface area contributed by atoms with E-state index in [0.29, 0.717) is 17.8 Å². The number of carbonyl (C=O) groups excluding carboxylic acids is 3. The number of benzene rings is 2. The van der Waals surface area contributed by atoms with Crippen molar-refractivity contribution in [2.45, 2.75) is 19.8 Å². The number of anilines is 1. The maximum atomic E-state index is 12.3. The minimum Gasteiger partial charge on any atom is -0.452 e. The van der Waals surface area contributed by atoms with Gasteiger partial charge in [-0.25, -0.2) is 4.79 Å². The second kappa shape index (κ2) is 9.98. The second-order valence-corrected chi connectivity index (χ2v) is 5.65. The lowest BCUT2D eigenvalue weighted by molar-refractivity contribution is -0.124. The molecule has 0 aromatic heterocycles. The molecule has 2 amide bonds. The van der Waals surface area contributed by atoms with Gasteiger partial charge in [-0.3, -0.25) is 9.59 Å². The van der Waals surface area contributed by atoms with E-state index in [9.17, 15) is 14.4 Å². The molecule has 0 aliphatic rings. The number of para-hydroxylation sites is 1. The van der Waals surface area contributed by atoms with Crippen LogP contribution < -0.4 is 10.6 Å². The summed E-state index contributed by atoms with van der Waals surface area (Å²) in [5.41, 5.74) is 1.00. The smallest absolute Gasteiger partial charge is 0.340 e. The number of carbonyl (C=O) groups is 3. The van der Waals surface area contributed by atoms with Crippen molar-refractivity contribution in [3.63, 3.8) is 0 Å². The van der Waals surface area contributed by atoms with E-state index in [2.05, 4.69) is 10.6 Å². The van der Waals surface area contributed by atoms with Crippen LogP contribution in [0.2, 0.25) is 0 Å². The molecule has 6 nitrogen and oxygen atoms in total. The van der Waals surface area contributed by atoms with E-state index >= 15 is 0 Å². The van der Waals surface area contributed by atoms with Crippen LogP contribution in [0.3, 0.4) is 0 Å². The van der Waals surface area contributed by atoms with Crippen molar-refractivity contribution in [2.24, 2.45) is 0 Å². The summed E-state index contributed by atoms with van der Waals surface area (Å²) in [5, 5.41) is 5.37. The summed E-state index contributed by atoms with van der Waals surface area (Å²) in [5.74, 6) is -1.35. The Bertz CT molecular complexity index is 759. The molecule has 6 heteroatoms. The summed E-state index contributed by atoms with van der Waals surface area (Å²) in [6, 6.07) is 15.2. The van der Waals surface area contributed by atoms with E-state index in [-0.39, 0.29) is 24.0 Å². The van der Waals surface area contributed by atoms with Gasteiger partial charge in [-0.2, -0.15) is 0 Å². The van der Waals surface area contributed by atoms with Crippen LogP contribution in [0.25, 0.3) is 0 Å². The maximum absolute atomic E-state index is 12.3. The highest BCUT2D eigenvalue weighted by Crippen LogP contribution is 2.17. The van der Waals surface area contributed by atoms with Gasteiger partial charge >= 0.3 is 5.97 Å². The summed E-state index contributed by atoms with van der Waals surface area (Å²) >= 11 is 0. The van der Waals surface area contributed by atoms with Crippen LogP contribution >= 0.6 is 0 Å². The van der Waals surface area contributed by atoms with Gasteiger partial charge in [-0.15, -0.1) is 0 Å². The second-order valence-electron chi connectivity index (χ2n) is 5.65.